The first-order valence-corrected chi connectivity index (χ1v) is 16.3. The maximum atomic E-state index is 14.7. The molecule has 9 nitrogen and oxygen atoms in total. The molecular formula is C36H40ClN3O6. The number of benzene rings is 3. The van der Waals surface area contributed by atoms with Crippen LogP contribution in [0.4, 0.5) is 11.4 Å². The van der Waals surface area contributed by atoms with E-state index < -0.39 is 41.0 Å². The van der Waals surface area contributed by atoms with Gasteiger partial charge in [-0.15, -0.1) is 0 Å². The van der Waals surface area contributed by atoms with Crippen LogP contribution in [0, 0.1) is 18.8 Å². The van der Waals surface area contributed by atoms with E-state index >= 15 is 0 Å². The van der Waals surface area contributed by atoms with Gasteiger partial charge < -0.3 is 30.1 Å². The van der Waals surface area contributed by atoms with Gasteiger partial charge in [-0.25, -0.2) is 0 Å². The lowest BCUT2D eigenvalue weighted by Crippen LogP contribution is -2.57. The summed E-state index contributed by atoms with van der Waals surface area (Å²) in [4.78, 5) is 44.9. The van der Waals surface area contributed by atoms with E-state index in [1.807, 2.05) is 57.2 Å². The highest BCUT2D eigenvalue weighted by Crippen LogP contribution is 2.64. The Bertz CT molecular complexity index is 1600. The molecule has 3 aromatic carbocycles. The van der Waals surface area contributed by atoms with Crippen molar-refractivity contribution in [1.29, 1.82) is 0 Å². The fourth-order valence-corrected chi connectivity index (χ4v) is 8.16. The van der Waals surface area contributed by atoms with Crippen LogP contribution in [-0.4, -0.2) is 64.2 Å². The molecule has 242 valence electrons. The second-order valence-corrected chi connectivity index (χ2v) is 12.9. The Morgan fingerprint density at radius 3 is 2.41 bits per heavy atom. The van der Waals surface area contributed by atoms with E-state index in [9.17, 15) is 19.5 Å². The molecule has 1 spiro atoms. The monoisotopic (exact) mass is 645 g/mol. The first-order chi connectivity index (χ1) is 22.2. The summed E-state index contributed by atoms with van der Waals surface area (Å²) in [6.45, 7) is 5.85. The van der Waals surface area contributed by atoms with Gasteiger partial charge in [-0.1, -0.05) is 61.0 Å². The highest BCUT2D eigenvalue weighted by molar-refractivity contribution is 6.34. The third kappa shape index (κ3) is 5.34. The molecule has 46 heavy (non-hydrogen) atoms. The lowest BCUT2D eigenvalue weighted by atomic mass is 9.65. The second-order valence-electron chi connectivity index (χ2n) is 12.5. The molecule has 2 unspecified atom stereocenters. The lowest BCUT2D eigenvalue weighted by Gasteiger charge is -2.37. The van der Waals surface area contributed by atoms with Crippen molar-refractivity contribution < 1.29 is 29.0 Å². The van der Waals surface area contributed by atoms with E-state index in [0.717, 1.165) is 11.1 Å². The number of carbonyl (C=O) groups excluding carboxylic acids is 3. The maximum absolute atomic E-state index is 14.7. The predicted octanol–water partition coefficient (Wildman–Crippen LogP) is 5.38. The summed E-state index contributed by atoms with van der Waals surface area (Å²) in [6.07, 6.45) is 1.75. The van der Waals surface area contributed by atoms with Crippen molar-refractivity contribution in [3.05, 3.63) is 88.9 Å². The van der Waals surface area contributed by atoms with Crippen molar-refractivity contribution in [3.8, 4) is 5.75 Å². The molecule has 6 rings (SSSR count). The summed E-state index contributed by atoms with van der Waals surface area (Å²) < 4.78 is 12.4. The van der Waals surface area contributed by atoms with Gasteiger partial charge in [0.15, 0.2) is 0 Å². The Hall–Kier alpha value is -3.92. The number of para-hydroxylation sites is 1. The third-order valence-electron chi connectivity index (χ3n) is 9.97. The average molecular weight is 646 g/mol. The number of likely N-dealkylation sites (tertiary alicyclic amines) is 1. The fraction of sp³-hybridized carbons (Fsp3) is 0.417. The van der Waals surface area contributed by atoms with Gasteiger partial charge in [0.05, 0.1) is 47.4 Å². The minimum Gasteiger partial charge on any atom is -0.494 e. The SMILES string of the molecule is CCOc1ccc(NC(=O)[C@H]2[C@H]3C(=O)N([C@@H](CO)Cc4ccccc4)C(C(=O)Nc4c(C)cccc4Cl)C34CC[C@]2(CC)O4)cc1. The number of hydrogen-bond donors (Lipinski definition) is 3. The van der Waals surface area contributed by atoms with Crippen molar-refractivity contribution in [2.45, 2.75) is 69.7 Å². The van der Waals surface area contributed by atoms with Crippen LogP contribution in [0.1, 0.15) is 44.2 Å². The fourth-order valence-electron chi connectivity index (χ4n) is 7.89. The largest absolute Gasteiger partial charge is 0.494 e. The van der Waals surface area contributed by atoms with Crippen LogP contribution in [0.15, 0.2) is 72.8 Å². The molecule has 3 aliphatic heterocycles. The molecular weight excluding hydrogens is 606 g/mol. The number of anilines is 2. The molecule has 3 N–H and O–H groups in total. The number of carbonyl (C=O) groups is 3. The average Bonchev–Trinajstić information content (AvgIpc) is 3.67. The molecule has 0 saturated carbocycles. The summed E-state index contributed by atoms with van der Waals surface area (Å²) in [5.41, 5.74) is 0.506. The molecule has 0 aliphatic carbocycles. The van der Waals surface area contributed by atoms with Crippen LogP contribution >= 0.6 is 11.6 Å². The van der Waals surface area contributed by atoms with Gasteiger partial charge in [0.2, 0.25) is 17.7 Å². The smallest absolute Gasteiger partial charge is 0.250 e. The van der Waals surface area contributed by atoms with Gasteiger partial charge in [0.1, 0.15) is 17.4 Å². The van der Waals surface area contributed by atoms with Crippen molar-refractivity contribution in [2.75, 3.05) is 23.8 Å². The number of halogens is 1. The molecule has 3 aromatic rings. The first-order valence-electron chi connectivity index (χ1n) is 15.9. The number of fused-ring (bicyclic) bond motifs is 1. The number of aliphatic hydroxyl groups is 1. The predicted molar refractivity (Wildman–Crippen MR) is 176 cm³/mol. The number of amides is 3. The molecule has 10 heteroatoms. The van der Waals surface area contributed by atoms with E-state index in [2.05, 4.69) is 10.6 Å². The summed E-state index contributed by atoms with van der Waals surface area (Å²) in [5, 5.41) is 17.1. The second kappa shape index (κ2) is 12.7. The third-order valence-corrected chi connectivity index (χ3v) is 10.3. The minimum atomic E-state index is -1.27. The molecule has 6 atom stereocenters. The van der Waals surface area contributed by atoms with Crippen molar-refractivity contribution in [3.63, 3.8) is 0 Å². The standard InChI is InChI=1S/C36H40ClN3O6/c1-4-35-18-19-36(46-35)29(28(35)32(42)38-24-14-16-26(17-15-24)45-5-2)34(44)40(25(21-41)20-23-11-7-6-8-12-23)31(36)33(43)39-30-22(3)10-9-13-27(30)37/h6-17,25,28-29,31,41H,4-5,18-21H2,1-3H3,(H,38,42)(H,39,43)/t25-,28-,29+,31?,35+,36?/m1/s1. The van der Waals surface area contributed by atoms with Gasteiger partial charge in [-0.05, 0) is 81.0 Å². The minimum absolute atomic E-state index is 0.322. The van der Waals surface area contributed by atoms with E-state index in [1.165, 1.54) is 4.90 Å². The zero-order valence-corrected chi connectivity index (χ0v) is 27.0. The van der Waals surface area contributed by atoms with Crippen LogP contribution in [0.3, 0.4) is 0 Å². The van der Waals surface area contributed by atoms with Gasteiger partial charge >= 0.3 is 0 Å². The maximum Gasteiger partial charge on any atom is 0.250 e. The molecule has 3 aliphatic rings. The van der Waals surface area contributed by atoms with Crippen molar-refractivity contribution in [2.24, 2.45) is 11.8 Å². The van der Waals surface area contributed by atoms with E-state index in [4.69, 9.17) is 21.1 Å². The van der Waals surface area contributed by atoms with E-state index in [0.29, 0.717) is 54.4 Å². The van der Waals surface area contributed by atoms with Crippen LogP contribution in [0.2, 0.25) is 5.02 Å². The van der Waals surface area contributed by atoms with Gasteiger partial charge in [0.25, 0.3) is 0 Å². The summed E-state index contributed by atoms with van der Waals surface area (Å²) in [6, 6.07) is 20.1. The van der Waals surface area contributed by atoms with Crippen LogP contribution in [0.25, 0.3) is 0 Å². The highest BCUT2D eigenvalue weighted by atomic mass is 35.5. The topological polar surface area (TPSA) is 117 Å². The summed E-state index contributed by atoms with van der Waals surface area (Å²) >= 11 is 6.52. The number of nitrogens with one attached hydrogen (secondary N) is 2. The number of rotatable bonds is 11. The van der Waals surface area contributed by atoms with Gasteiger partial charge in [-0.3, -0.25) is 14.4 Å². The van der Waals surface area contributed by atoms with E-state index in [1.54, 1.807) is 36.4 Å². The molecule has 3 amide bonds. The molecule has 0 radical (unpaired) electrons. The number of aliphatic hydroxyl groups excluding tert-OH is 1. The highest BCUT2D eigenvalue weighted by Gasteiger charge is 2.79. The van der Waals surface area contributed by atoms with Crippen LogP contribution in [-0.2, 0) is 25.5 Å². The number of ether oxygens (including phenoxy) is 2. The Kier molecular flexibility index (Phi) is 8.85. The molecule has 3 fully saturated rings. The number of nitrogens with zero attached hydrogens (tertiary/aromatic N) is 1. The lowest BCUT2D eigenvalue weighted by molar-refractivity contribution is -0.148. The van der Waals surface area contributed by atoms with Gasteiger partial charge in [0, 0.05) is 5.69 Å². The van der Waals surface area contributed by atoms with Crippen LogP contribution < -0.4 is 15.4 Å². The zero-order chi connectivity index (χ0) is 32.6. The summed E-state index contributed by atoms with van der Waals surface area (Å²) in [5.74, 6) is -2.24. The Morgan fingerprint density at radius 2 is 1.76 bits per heavy atom. The molecule has 0 aromatic heterocycles. The Labute approximate surface area is 274 Å². The van der Waals surface area contributed by atoms with E-state index in [-0.39, 0.29) is 18.4 Å². The van der Waals surface area contributed by atoms with Crippen molar-refractivity contribution in [1.82, 2.24) is 4.90 Å². The first kappa shape index (κ1) is 32.0. The van der Waals surface area contributed by atoms with Crippen molar-refractivity contribution >= 4 is 40.7 Å². The molecule has 2 bridgehead atoms. The number of aryl methyl sites for hydroxylation is 1. The number of hydrogen-bond acceptors (Lipinski definition) is 6. The Morgan fingerprint density at radius 1 is 1.02 bits per heavy atom. The molecule has 3 heterocycles. The van der Waals surface area contributed by atoms with Gasteiger partial charge in [-0.2, -0.15) is 0 Å². The normalized spacial score (nSPS) is 26.9. The zero-order valence-electron chi connectivity index (χ0n) is 26.3. The quantitative estimate of drug-likeness (QED) is 0.258. The summed E-state index contributed by atoms with van der Waals surface area (Å²) in [7, 11) is 0. The molecule has 3 saturated heterocycles. The van der Waals surface area contributed by atoms with Crippen LogP contribution in [0.5, 0.6) is 5.75 Å². The Balaban J connectivity index is 1.40.